The number of rotatable bonds is 3. The third kappa shape index (κ3) is 4.28. The Hall–Kier alpha value is -1.84. The highest BCUT2D eigenvalue weighted by Crippen LogP contribution is 2.24. The van der Waals surface area contributed by atoms with Gasteiger partial charge in [-0.15, -0.1) is 12.4 Å². The molecule has 4 heteroatoms. The number of fused-ring (bicyclic) bond motifs is 1. The van der Waals surface area contributed by atoms with Crippen molar-refractivity contribution in [3.05, 3.63) is 71.3 Å². The number of carbonyl (C=O) groups excluding carboxylic acids is 1. The fraction of sp³-hybridized carbons (Fsp3) is 0.409. The molecule has 2 heterocycles. The second-order valence-electron chi connectivity index (χ2n) is 7.36. The lowest BCUT2D eigenvalue weighted by Gasteiger charge is -2.36. The monoisotopic (exact) mass is 370 g/mol. The molecule has 0 unspecified atom stereocenters. The summed E-state index contributed by atoms with van der Waals surface area (Å²) in [5, 5.41) is 0. The average Bonchev–Trinajstić information content (AvgIpc) is 2.69. The first-order chi connectivity index (χ1) is 12.3. The average molecular weight is 371 g/mol. The van der Waals surface area contributed by atoms with E-state index in [9.17, 15) is 4.79 Å². The Balaban J connectivity index is 0.00000196. The van der Waals surface area contributed by atoms with Crippen molar-refractivity contribution in [2.24, 2.45) is 5.92 Å². The van der Waals surface area contributed by atoms with E-state index >= 15 is 0 Å². The van der Waals surface area contributed by atoms with E-state index in [0.717, 1.165) is 38.0 Å². The Kier molecular flexibility index (Phi) is 6.33. The number of hydrogen-bond donors (Lipinski definition) is 0. The van der Waals surface area contributed by atoms with E-state index in [4.69, 9.17) is 0 Å². The maximum absolute atomic E-state index is 12.5. The minimum Gasteiger partial charge on any atom is -0.339 e. The van der Waals surface area contributed by atoms with E-state index in [2.05, 4.69) is 29.2 Å². The zero-order chi connectivity index (χ0) is 17.1. The fourth-order valence-corrected chi connectivity index (χ4v) is 4.16. The summed E-state index contributed by atoms with van der Waals surface area (Å²) in [5.74, 6) is 0.899. The molecule has 1 fully saturated rings. The number of piperidine rings is 1. The predicted octanol–water partition coefficient (Wildman–Crippen LogP) is 4.02. The number of nitrogens with zero attached hydrogens (tertiary/aromatic N) is 2. The Morgan fingerprint density at radius 1 is 0.885 bits per heavy atom. The molecule has 0 bridgehead atoms. The third-order valence-corrected chi connectivity index (χ3v) is 5.65. The number of carbonyl (C=O) groups is 1. The fourth-order valence-electron chi connectivity index (χ4n) is 4.16. The van der Waals surface area contributed by atoms with Gasteiger partial charge in [0.15, 0.2) is 0 Å². The maximum atomic E-state index is 12.5. The molecule has 2 aromatic rings. The normalized spacial score (nSPS) is 18.1. The second-order valence-corrected chi connectivity index (χ2v) is 7.36. The van der Waals surface area contributed by atoms with Crippen LogP contribution < -0.4 is 0 Å². The predicted molar refractivity (Wildman–Crippen MR) is 108 cm³/mol. The number of likely N-dealkylation sites (tertiary alicyclic amines) is 1. The van der Waals surface area contributed by atoms with Crippen LogP contribution in [0.4, 0.5) is 0 Å². The first kappa shape index (κ1) is 18.9. The molecule has 26 heavy (non-hydrogen) atoms. The molecular formula is C22H27ClN2O. The van der Waals surface area contributed by atoms with Crippen molar-refractivity contribution in [3.8, 4) is 0 Å². The molecule has 2 aliphatic heterocycles. The van der Waals surface area contributed by atoms with Gasteiger partial charge >= 0.3 is 0 Å². The van der Waals surface area contributed by atoms with Gasteiger partial charge in [0.05, 0.1) is 0 Å². The van der Waals surface area contributed by atoms with Crippen molar-refractivity contribution in [1.29, 1.82) is 0 Å². The lowest BCUT2D eigenvalue weighted by atomic mass is 9.93. The molecule has 138 valence electrons. The molecular weight excluding hydrogens is 344 g/mol. The lowest BCUT2D eigenvalue weighted by molar-refractivity contribution is 0.0663. The SMILES string of the molecule is Cl.O=C(c1ccccc1)N1CCC(CN2CCc3ccccc3C2)CC1. The summed E-state index contributed by atoms with van der Waals surface area (Å²) in [6.07, 6.45) is 3.41. The topological polar surface area (TPSA) is 23.6 Å². The summed E-state index contributed by atoms with van der Waals surface area (Å²) in [7, 11) is 0. The first-order valence-corrected chi connectivity index (χ1v) is 9.43. The molecule has 0 aliphatic carbocycles. The van der Waals surface area contributed by atoms with Crippen molar-refractivity contribution in [2.45, 2.75) is 25.8 Å². The molecule has 0 spiro atoms. The van der Waals surface area contributed by atoms with Crippen LogP contribution in [-0.2, 0) is 13.0 Å². The Bertz CT molecular complexity index is 726. The summed E-state index contributed by atoms with van der Waals surface area (Å²) in [6.45, 7) is 5.20. The van der Waals surface area contributed by atoms with Crippen molar-refractivity contribution >= 4 is 18.3 Å². The lowest BCUT2D eigenvalue weighted by Crippen LogP contribution is -2.42. The smallest absolute Gasteiger partial charge is 0.253 e. The molecule has 4 rings (SSSR count). The summed E-state index contributed by atoms with van der Waals surface area (Å²) in [5.41, 5.74) is 3.82. The molecule has 0 aromatic heterocycles. The van der Waals surface area contributed by atoms with Crippen molar-refractivity contribution in [2.75, 3.05) is 26.2 Å². The third-order valence-electron chi connectivity index (χ3n) is 5.65. The summed E-state index contributed by atoms with van der Waals surface area (Å²) in [4.78, 5) is 17.2. The second kappa shape index (κ2) is 8.70. The highest BCUT2D eigenvalue weighted by Gasteiger charge is 2.26. The summed E-state index contributed by atoms with van der Waals surface area (Å²) in [6, 6.07) is 18.5. The molecule has 0 atom stereocenters. The van der Waals surface area contributed by atoms with Crippen LogP contribution >= 0.6 is 12.4 Å². The van der Waals surface area contributed by atoms with E-state index in [1.807, 2.05) is 35.2 Å². The van der Waals surface area contributed by atoms with E-state index in [0.29, 0.717) is 5.92 Å². The van der Waals surface area contributed by atoms with Gasteiger partial charge in [0, 0.05) is 38.3 Å². The molecule has 2 aliphatic rings. The Morgan fingerprint density at radius 3 is 2.27 bits per heavy atom. The van der Waals surface area contributed by atoms with Gasteiger partial charge in [-0.25, -0.2) is 0 Å². The zero-order valence-electron chi connectivity index (χ0n) is 15.1. The standard InChI is InChI=1S/C22H26N2O.ClH/c25-22(20-7-2-1-3-8-20)24-14-10-18(11-15-24)16-23-13-12-19-6-4-5-9-21(19)17-23;/h1-9,18H,10-17H2;1H. The van der Waals surface area contributed by atoms with E-state index < -0.39 is 0 Å². The molecule has 1 amide bonds. The number of amides is 1. The van der Waals surface area contributed by atoms with Gasteiger partial charge in [-0.3, -0.25) is 9.69 Å². The van der Waals surface area contributed by atoms with Gasteiger partial charge < -0.3 is 4.90 Å². The van der Waals surface area contributed by atoms with Gasteiger partial charge in [-0.05, 0) is 48.4 Å². The van der Waals surface area contributed by atoms with Crippen LogP contribution in [0.25, 0.3) is 0 Å². The molecule has 2 aromatic carbocycles. The summed E-state index contributed by atoms with van der Waals surface area (Å²) < 4.78 is 0. The van der Waals surface area contributed by atoms with Crippen LogP contribution in [0.5, 0.6) is 0 Å². The van der Waals surface area contributed by atoms with Crippen molar-refractivity contribution in [3.63, 3.8) is 0 Å². The molecule has 3 nitrogen and oxygen atoms in total. The number of benzene rings is 2. The van der Waals surface area contributed by atoms with Gasteiger partial charge in [0.2, 0.25) is 0 Å². The quantitative estimate of drug-likeness (QED) is 0.814. The zero-order valence-corrected chi connectivity index (χ0v) is 16.0. The van der Waals surface area contributed by atoms with Crippen LogP contribution in [0.1, 0.15) is 34.3 Å². The Labute approximate surface area is 162 Å². The van der Waals surface area contributed by atoms with E-state index in [-0.39, 0.29) is 18.3 Å². The van der Waals surface area contributed by atoms with Gasteiger partial charge in [-0.1, -0.05) is 42.5 Å². The molecule has 1 saturated heterocycles. The minimum atomic E-state index is 0. The van der Waals surface area contributed by atoms with Gasteiger partial charge in [0.25, 0.3) is 5.91 Å². The molecule has 0 saturated carbocycles. The highest BCUT2D eigenvalue weighted by molar-refractivity contribution is 5.94. The van der Waals surface area contributed by atoms with Crippen LogP contribution in [-0.4, -0.2) is 41.9 Å². The van der Waals surface area contributed by atoms with Crippen molar-refractivity contribution < 1.29 is 4.79 Å². The van der Waals surface area contributed by atoms with Crippen LogP contribution in [0, 0.1) is 5.92 Å². The van der Waals surface area contributed by atoms with Crippen molar-refractivity contribution in [1.82, 2.24) is 9.80 Å². The van der Waals surface area contributed by atoms with Crippen LogP contribution in [0.15, 0.2) is 54.6 Å². The first-order valence-electron chi connectivity index (χ1n) is 9.43. The highest BCUT2D eigenvalue weighted by atomic mass is 35.5. The largest absolute Gasteiger partial charge is 0.339 e. The van der Waals surface area contributed by atoms with Crippen LogP contribution in [0.3, 0.4) is 0 Å². The molecule has 0 radical (unpaired) electrons. The Morgan fingerprint density at radius 2 is 1.54 bits per heavy atom. The minimum absolute atomic E-state index is 0. The number of halogens is 1. The molecule has 0 N–H and O–H groups in total. The van der Waals surface area contributed by atoms with E-state index in [1.165, 1.54) is 30.6 Å². The van der Waals surface area contributed by atoms with E-state index in [1.54, 1.807) is 0 Å². The van der Waals surface area contributed by atoms with Gasteiger partial charge in [-0.2, -0.15) is 0 Å². The maximum Gasteiger partial charge on any atom is 0.253 e. The van der Waals surface area contributed by atoms with Gasteiger partial charge in [0.1, 0.15) is 0 Å². The number of hydrogen-bond acceptors (Lipinski definition) is 2. The van der Waals surface area contributed by atoms with Crippen LogP contribution in [0.2, 0.25) is 0 Å². The summed E-state index contributed by atoms with van der Waals surface area (Å²) >= 11 is 0.